The molecule has 2 rings (SSSR count). The number of hydrogen-bond donors (Lipinski definition) is 2. The summed E-state index contributed by atoms with van der Waals surface area (Å²) in [5.41, 5.74) is 1.06. The molecule has 2 N–H and O–H groups in total. The van der Waals surface area contributed by atoms with Gasteiger partial charge in [0.2, 0.25) is 0 Å². The molecule has 1 aromatic heterocycles. The minimum absolute atomic E-state index is 1.06. The van der Waals surface area contributed by atoms with Crippen LogP contribution in [0.15, 0.2) is 42.6 Å². The molecule has 0 radical (unpaired) electrons. The summed E-state index contributed by atoms with van der Waals surface area (Å²) in [4.78, 5) is 4.18. The smallest absolute Gasteiger partial charge is 0.0701 e. The normalized spacial score (nSPS) is 10.5. The van der Waals surface area contributed by atoms with E-state index in [1.54, 1.807) is 0 Å². The maximum Gasteiger partial charge on any atom is 0.0701 e. The molecule has 0 saturated carbocycles. The summed E-state index contributed by atoms with van der Waals surface area (Å²) in [6.45, 7) is 0. The average molecular weight is 291 g/mol. The van der Waals surface area contributed by atoms with Gasteiger partial charge in [-0.25, -0.2) is 0 Å². The van der Waals surface area contributed by atoms with E-state index in [-0.39, 0.29) is 0 Å². The molecule has 2 aromatic rings. The van der Waals surface area contributed by atoms with Crippen LogP contribution in [0.1, 0.15) is 0 Å². The molecule has 0 saturated heterocycles. The van der Waals surface area contributed by atoms with Crippen molar-refractivity contribution in [3.63, 3.8) is 0 Å². The Kier molecular flexibility index (Phi) is 4.03. The third-order valence-corrected chi connectivity index (χ3v) is 1.51. The van der Waals surface area contributed by atoms with E-state index in [2.05, 4.69) is 17.1 Å². The summed E-state index contributed by atoms with van der Waals surface area (Å²) in [5.74, 6) is 0. The monoisotopic (exact) mass is 293 g/mol. The van der Waals surface area contributed by atoms with E-state index >= 15 is 0 Å². The third-order valence-electron chi connectivity index (χ3n) is 1.51. The fraction of sp³-hybridized carbons (Fsp3) is 0. The molecule has 15 heavy (non-hydrogen) atoms. The Morgan fingerprint density at radius 3 is 2.13 bits per heavy atom. The van der Waals surface area contributed by atoms with Gasteiger partial charge in [0.05, 0.1) is 5.52 Å². The summed E-state index contributed by atoms with van der Waals surface area (Å²) in [6.07, 6.45) is 1.81. The van der Waals surface area contributed by atoms with Crippen LogP contribution in [0.25, 0.3) is 10.9 Å². The Morgan fingerprint density at radius 1 is 1.00 bits per heavy atom. The van der Waals surface area contributed by atoms with Gasteiger partial charge >= 0.3 is 31.1 Å². The topological polar surface area (TPSA) is 87.5 Å². The maximum atomic E-state index is 8.85. The molecule has 5 nitrogen and oxygen atoms in total. The van der Waals surface area contributed by atoms with Crippen molar-refractivity contribution in [2.24, 2.45) is 0 Å². The summed E-state index contributed by atoms with van der Waals surface area (Å²) in [7, 11) is 0. The molecule has 0 amide bonds. The van der Waals surface area contributed by atoms with Gasteiger partial charge in [-0.15, -0.1) is 0 Å². The van der Waals surface area contributed by atoms with Crippen LogP contribution < -0.4 is 0 Å². The zero-order valence-corrected chi connectivity index (χ0v) is 9.61. The minimum atomic E-state index is -5.52. The van der Waals surface area contributed by atoms with Crippen LogP contribution in [0.4, 0.5) is 0 Å². The van der Waals surface area contributed by atoms with Crippen molar-refractivity contribution in [3.8, 4) is 0 Å². The number of nitrogens with zero attached hydrogens (tertiary/aromatic N) is 1. The van der Waals surface area contributed by atoms with Gasteiger partial charge in [-0.05, 0) is 12.1 Å². The van der Waals surface area contributed by atoms with Gasteiger partial charge < -0.3 is 0 Å². The Bertz CT molecular complexity index is 465. The molecule has 0 atom stereocenters. The van der Waals surface area contributed by atoms with Gasteiger partial charge in [0.15, 0.2) is 0 Å². The van der Waals surface area contributed by atoms with Crippen LogP contribution in [-0.2, 0) is 23.5 Å². The molecule has 6 heteroatoms. The van der Waals surface area contributed by atoms with Crippen LogP contribution >= 0.6 is 0 Å². The van der Waals surface area contributed by atoms with Crippen molar-refractivity contribution in [1.29, 1.82) is 0 Å². The molecule has 0 spiro atoms. The first kappa shape index (κ1) is 11.9. The third kappa shape index (κ3) is 5.32. The Labute approximate surface area is 89.7 Å². The second-order valence-corrected chi connectivity index (χ2v) is 4.85. The molecule has 0 aliphatic carbocycles. The average Bonchev–Trinajstić information content (AvgIpc) is 2.16. The van der Waals surface area contributed by atoms with Crippen LogP contribution in [0.2, 0.25) is 0 Å². The van der Waals surface area contributed by atoms with E-state index < -0.39 is 16.7 Å². The minimum Gasteiger partial charge on any atom is -0.256 e. The van der Waals surface area contributed by atoms with Crippen molar-refractivity contribution in [2.75, 3.05) is 0 Å². The molecular formula is C9H9MoNO4. The predicted molar refractivity (Wildman–Crippen MR) is 47.6 cm³/mol. The Morgan fingerprint density at radius 2 is 1.53 bits per heavy atom. The number of aromatic nitrogens is 1. The molecule has 1 aromatic carbocycles. The predicted octanol–water partition coefficient (Wildman–Crippen LogP) is 0.881. The van der Waals surface area contributed by atoms with Gasteiger partial charge in [-0.2, -0.15) is 0 Å². The van der Waals surface area contributed by atoms with E-state index in [1.165, 1.54) is 5.39 Å². The van der Waals surface area contributed by atoms with Gasteiger partial charge in [0, 0.05) is 11.6 Å². The van der Waals surface area contributed by atoms with Crippen LogP contribution in [-0.4, -0.2) is 12.5 Å². The molecule has 0 aliphatic heterocycles. The van der Waals surface area contributed by atoms with E-state index in [0.29, 0.717) is 0 Å². The van der Waals surface area contributed by atoms with E-state index in [4.69, 9.17) is 14.3 Å². The Balaban J connectivity index is 0.000000195. The zero-order valence-electron chi connectivity index (χ0n) is 7.61. The van der Waals surface area contributed by atoms with Crippen LogP contribution in [0, 0.1) is 0 Å². The molecule has 0 unspecified atom stereocenters. The van der Waals surface area contributed by atoms with Gasteiger partial charge in [0.1, 0.15) is 0 Å². The fourth-order valence-corrected chi connectivity index (χ4v) is 1.02. The first-order chi connectivity index (χ1) is 6.97. The number of hydrogen-bond acceptors (Lipinski definition) is 3. The second-order valence-electron chi connectivity index (χ2n) is 2.64. The molecule has 80 valence electrons. The first-order valence-corrected chi connectivity index (χ1v) is 7.40. The largest absolute Gasteiger partial charge is 0.256 e. The van der Waals surface area contributed by atoms with Gasteiger partial charge in [-0.1, -0.05) is 24.3 Å². The summed E-state index contributed by atoms with van der Waals surface area (Å²) >= 11 is -5.52. The Hall–Kier alpha value is -1.16. The van der Waals surface area contributed by atoms with Crippen molar-refractivity contribution in [3.05, 3.63) is 42.6 Å². The van der Waals surface area contributed by atoms with Gasteiger partial charge in [0.25, 0.3) is 0 Å². The van der Waals surface area contributed by atoms with Crippen LogP contribution in [0.3, 0.4) is 0 Å². The van der Waals surface area contributed by atoms with E-state index in [9.17, 15) is 0 Å². The van der Waals surface area contributed by atoms with Crippen molar-refractivity contribution >= 4 is 10.9 Å². The molecular weight excluding hydrogens is 282 g/mol. The summed E-state index contributed by atoms with van der Waals surface area (Å²) in [6, 6.07) is 12.1. The van der Waals surface area contributed by atoms with E-state index in [0.717, 1.165) is 5.52 Å². The number of fused-ring (bicyclic) bond motifs is 1. The number of para-hydroxylation sites is 1. The maximum absolute atomic E-state index is 8.85. The van der Waals surface area contributed by atoms with E-state index in [1.807, 2.05) is 30.5 Å². The molecule has 0 aliphatic rings. The fourth-order valence-electron chi connectivity index (χ4n) is 1.02. The number of pyridine rings is 1. The first-order valence-electron chi connectivity index (χ1n) is 3.96. The van der Waals surface area contributed by atoms with Crippen molar-refractivity contribution < 1.29 is 31.1 Å². The summed E-state index contributed by atoms with van der Waals surface area (Å²) in [5, 5.41) is 1.20. The zero-order chi connectivity index (χ0) is 11.3. The summed E-state index contributed by atoms with van der Waals surface area (Å²) < 4.78 is 32.0. The molecule has 1 heterocycles. The standard InChI is InChI=1S/C9H7N.Mo.2H2O.2O/c1-2-6-9-8(4-1)5-3-7-10-9;;;;;/h1-7H;;2*1H2;;/q;+2;;;;/p-2. The SMILES string of the molecule is [O]=[Mo](=[O])([OH])[OH].c1ccc2ncccc2c1. The number of benzene rings is 1. The quantitative estimate of drug-likeness (QED) is 0.704. The molecule has 0 fully saturated rings. The number of rotatable bonds is 0. The second kappa shape index (κ2) is 5.07. The van der Waals surface area contributed by atoms with Gasteiger partial charge in [-0.3, -0.25) is 4.98 Å². The molecule has 0 bridgehead atoms. The van der Waals surface area contributed by atoms with Crippen molar-refractivity contribution in [1.82, 2.24) is 4.98 Å². The van der Waals surface area contributed by atoms with Crippen LogP contribution in [0.5, 0.6) is 0 Å². The van der Waals surface area contributed by atoms with Crippen molar-refractivity contribution in [2.45, 2.75) is 0 Å².